The summed E-state index contributed by atoms with van der Waals surface area (Å²) in [6, 6.07) is 4.77. The first-order chi connectivity index (χ1) is 9.77. The molecule has 0 N–H and O–H groups in total. The van der Waals surface area contributed by atoms with E-state index in [1.54, 1.807) is 0 Å². The van der Waals surface area contributed by atoms with Gasteiger partial charge in [0.1, 0.15) is 0 Å². The van der Waals surface area contributed by atoms with Gasteiger partial charge in [-0.2, -0.15) is 13.2 Å². The predicted octanol–water partition coefficient (Wildman–Crippen LogP) is 4.15. The van der Waals surface area contributed by atoms with E-state index in [4.69, 9.17) is 0 Å². The van der Waals surface area contributed by atoms with Crippen molar-refractivity contribution in [1.82, 2.24) is 4.90 Å². The standard InChI is InChI=1S/C16H20F3NO/c1-20(2)15(9-4-3-5-10-15)14(21)12-7-6-8-13(11-12)16(17,18)19/h6-8,11H,3-5,9-10H2,1-2H3. The highest BCUT2D eigenvalue weighted by atomic mass is 19.4. The Bertz CT molecular complexity index is 516. The van der Waals surface area contributed by atoms with Crippen LogP contribution in [-0.4, -0.2) is 30.3 Å². The van der Waals surface area contributed by atoms with Crippen LogP contribution in [0, 0.1) is 0 Å². The topological polar surface area (TPSA) is 20.3 Å². The summed E-state index contributed by atoms with van der Waals surface area (Å²) >= 11 is 0. The first kappa shape index (κ1) is 16.0. The summed E-state index contributed by atoms with van der Waals surface area (Å²) in [5.41, 5.74) is -1.28. The second kappa shape index (κ2) is 5.79. The Morgan fingerprint density at radius 1 is 1.14 bits per heavy atom. The summed E-state index contributed by atoms with van der Waals surface area (Å²) in [5, 5.41) is 0. The van der Waals surface area contributed by atoms with Gasteiger partial charge in [0, 0.05) is 5.56 Å². The molecule has 0 spiro atoms. The molecule has 0 bridgehead atoms. The molecule has 1 aromatic carbocycles. The Labute approximate surface area is 122 Å². The van der Waals surface area contributed by atoms with E-state index in [9.17, 15) is 18.0 Å². The molecule has 5 heteroatoms. The van der Waals surface area contributed by atoms with Gasteiger partial charge in [-0.25, -0.2) is 0 Å². The lowest BCUT2D eigenvalue weighted by atomic mass is 9.75. The van der Waals surface area contributed by atoms with Crippen LogP contribution in [0.2, 0.25) is 0 Å². The van der Waals surface area contributed by atoms with Crippen LogP contribution >= 0.6 is 0 Å². The van der Waals surface area contributed by atoms with Gasteiger partial charge < -0.3 is 0 Å². The van der Waals surface area contributed by atoms with Gasteiger partial charge in [0.05, 0.1) is 11.1 Å². The second-order valence-corrected chi connectivity index (χ2v) is 5.89. The van der Waals surface area contributed by atoms with E-state index < -0.39 is 17.3 Å². The third kappa shape index (κ3) is 3.12. The van der Waals surface area contributed by atoms with Crippen LogP contribution in [0.25, 0.3) is 0 Å². The Kier molecular flexibility index (Phi) is 4.42. The summed E-state index contributed by atoms with van der Waals surface area (Å²) in [6.45, 7) is 0. The molecule has 1 fully saturated rings. The number of benzene rings is 1. The number of halogens is 3. The summed E-state index contributed by atoms with van der Waals surface area (Å²) < 4.78 is 38.4. The Balaban J connectivity index is 2.38. The summed E-state index contributed by atoms with van der Waals surface area (Å²) in [4.78, 5) is 14.7. The molecule has 0 atom stereocenters. The lowest BCUT2D eigenvalue weighted by molar-refractivity contribution is -0.137. The van der Waals surface area contributed by atoms with E-state index in [1.807, 2.05) is 19.0 Å². The maximum atomic E-state index is 12.8. The van der Waals surface area contributed by atoms with Crippen molar-refractivity contribution in [2.45, 2.75) is 43.8 Å². The largest absolute Gasteiger partial charge is 0.416 e. The van der Waals surface area contributed by atoms with Gasteiger partial charge in [0.2, 0.25) is 0 Å². The van der Waals surface area contributed by atoms with Crippen LogP contribution in [0.1, 0.15) is 48.0 Å². The number of hydrogen-bond acceptors (Lipinski definition) is 2. The first-order valence-electron chi connectivity index (χ1n) is 7.17. The van der Waals surface area contributed by atoms with Gasteiger partial charge in [0.25, 0.3) is 0 Å². The summed E-state index contributed by atoms with van der Waals surface area (Å²) in [6.07, 6.45) is -0.0739. The molecule has 1 saturated carbocycles. The zero-order valence-corrected chi connectivity index (χ0v) is 12.3. The van der Waals surface area contributed by atoms with Gasteiger partial charge >= 0.3 is 6.18 Å². The smallest absolute Gasteiger partial charge is 0.297 e. The van der Waals surface area contributed by atoms with Crippen molar-refractivity contribution in [2.75, 3.05) is 14.1 Å². The maximum Gasteiger partial charge on any atom is 0.416 e. The monoisotopic (exact) mass is 299 g/mol. The fraction of sp³-hybridized carbons (Fsp3) is 0.562. The van der Waals surface area contributed by atoms with Crippen LogP contribution < -0.4 is 0 Å². The number of rotatable bonds is 3. The summed E-state index contributed by atoms with van der Waals surface area (Å²) in [7, 11) is 3.66. The van der Waals surface area contributed by atoms with E-state index in [-0.39, 0.29) is 11.3 Å². The minimum atomic E-state index is -4.42. The average molecular weight is 299 g/mol. The zero-order chi connectivity index (χ0) is 15.7. The molecule has 116 valence electrons. The number of Topliss-reactive ketones (excluding diaryl/α,β-unsaturated/α-hetero) is 1. The molecule has 21 heavy (non-hydrogen) atoms. The average Bonchev–Trinajstić information content (AvgIpc) is 2.46. The third-order valence-electron chi connectivity index (χ3n) is 4.41. The highest BCUT2D eigenvalue weighted by molar-refractivity contribution is 6.03. The van der Waals surface area contributed by atoms with Gasteiger partial charge in [-0.15, -0.1) is 0 Å². The molecule has 1 aromatic rings. The van der Waals surface area contributed by atoms with E-state index in [0.717, 1.165) is 31.4 Å². The van der Waals surface area contributed by atoms with E-state index >= 15 is 0 Å². The molecular weight excluding hydrogens is 279 g/mol. The van der Waals surface area contributed by atoms with Crippen LogP contribution in [0.3, 0.4) is 0 Å². The van der Waals surface area contributed by atoms with Crippen molar-refractivity contribution in [2.24, 2.45) is 0 Å². The van der Waals surface area contributed by atoms with Gasteiger partial charge in [-0.1, -0.05) is 31.4 Å². The highest BCUT2D eigenvalue weighted by Gasteiger charge is 2.42. The molecule has 0 aliphatic heterocycles. The van der Waals surface area contributed by atoms with Crippen molar-refractivity contribution in [3.63, 3.8) is 0 Å². The van der Waals surface area contributed by atoms with Crippen LogP contribution in [0.4, 0.5) is 13.2 Å². The molecule has 0 amide bonds. The molecule has 1 aliphatic carbocycles. The fourth-order valence-electron chi connectivity index (χ4n) is 3.12. The molecule has 2 nitrogen and oxygen atoms in total. The maximum absolute atomic E-state index is 12.8. The SMILES string of the molecule is CN(C)C1(C(=O)c2cccc(C(F)(F)F)c2)CCCCC1. The van der Waals surface area contributed by atoms with Crippen molar-refractivity contribution in [3.8, 4) is 0 Å². The van der Waals surface area contributed by atoms with Crippen molar-refractivity contribution in [3.05, 3.63) is 35.4 Å². The predicted molar refractivity (Wildman–Crippen MR) is 75.3 cm³/mol. The number of carbonyl (C=O) groups excluding carboxylic acids is 1. The molecule has 1 aliphatic rings. The number of likely N-dealkylation sites (N-methyl/N-ethyl adjacent to an activating group) is 1. The molecular formula is C16H20F3NO. The number of alkyl halides is 3. The zero-order valence-electron chi connectivity index (χ0n) is 12.3. The third-order valence-corrected chi connectivity index (χ3v) is 4.41. The Hall–Kier alpha value is -1.36. The first-order valence-corrected chi connectivity index (χ1v) is 7.17. The highest BCUT2D eigenvalue weighted by Crippen LogP contribution is 2.36. The second-order valence-electron chi connectivity index (χ2n) is 5.89. The van der Waals surface area contributed by atoms with Crippen LogP contribution in [-0.2, 0) is 6.18 Å². The summed E-state index contributed by atoms with van der Waals surface area (Å²) in [5.74, 6) is -0.196. The van der Waals surface area contributed by atoms with Crippen molar-refractivity contribution >= 4 is 5.78 Å². The van der Waals surface area contributed by atoms with E-state index in [1.165, 1.54) is 12.1 Å². The Morgan fingerprint density at radius 2 is 1.76 bits per heavy atom. The normalized spacial score (nSPS) is 18.8. The van der Waals surface area contributed by atoms with Gasteiger partial charge in [-0.05, 0) is 39.1 Å². The number of nitrogens with zero attached hydrogens (tertiary/aromatic N) is 1. The minimum absolute atomic E-state index is 0.153. The van der Waals surface area contributed by atoms with Gasteiger partial charge in [-0.3, -0.25) is 9.69 Å². The lowest BCUT2D eigenvalue weighted by Gasteiger charge is -2.41. The van der Waals surface area contributed by atoms with Crippen molar-refractivity contribution < 1.29 is 18.0 Å². The molecule has 0 heterocycles. The number of ketones is 1. The fourth-order valence-corrected chi connectivity index (χ4v) is 3.12. The van der Waals surface area contributed by atoms with Crippen molar-refractivity contribution in [1.29, 1.82) is 0 Å². The van der Waals surface area contributed by atoms with Crippen LogP contribution in [0.5, 0.6) is 0 Å². The number of carbonyl (C=O) groups is 1. The molecule has 0 aromatic heterocycles. The molecule has 0 saturated heterocycles. The minimum Gasteiger partial charge on any atom is -0.297 e. The Morgan fingerprint density at radius 3 is 2.29 bits per heavy atom. The van der Waals surface area contributed by atoms with E-state index in [0.29, 0.717) is 12.8 Å². The van der Waals surface area contributed by atoms with E-state index in [2.05, 4.69) is 0 Å². The van der Waals surface area contributed by atoms with Crippen LogP contribution in [0.15, 0.2) is 24.3 Å². The molecule has 0 unspecified atom stereocenters. The lowest BCUT2D eigenvalue weighted by Crippen LogP contribution is -2.52. The number of hydrogen-bond donors (Lipinski definition) is 0. The molecule has 0 radical (unpaired) electrons. The van der Waals surface area contributed by atoms with Gasteiger partial charge in [0.15, 0.2) is 5.78 Å². The molecule has 2 rings (SSSR count). The quantitative estimate of drug-likeness (QED) is 0.781.